The van der Waals surface area contributed by atoms with E-state index in [1.807, 2.05) is 0 Å². The lowest BCUT2D eigenvalue weighted by Crippen LogP contribution is -2.25. The minimum absolute atomic E-state index is 0.617. The summed E-state index contributed by atoms with van der Waals surface area (Å²) in [5.74, 6) is 0.617. The highest BCUT2D eigenvalue weighted by Gasteiger charge is 2.10. The van der Waals surface area contributed by atoms with Crippen molar-refractivity contribution < 1.29 is 4.74 Å². The molecule has 76 valence electrons. The Hall–Kier alpha value is -1.16. The Balaban J connectivity index is 1.67. The standard InChI is InChI=1S/C10H15N3O/c1-2-6-13(5-1)7-8-14-10-9-11-3-4-12-10/h3-4,9H,1-2,5-8H2. The second kappa shape index (κ2) is 4.91. The van der Waals surface area contributed by atoms with E-state index in [9.17, 15) is 0 Å². The quantitative estimate of drug-likeness (QED) is 0.713. The summed E-state index contributed by atoms with van der Waals surface area (Å²) in [6.07, 6.45) is 7.58. The fourth-order valence-electron chi connectivity index (χ4n) is 1.65. The summed E-state index contributed by atoms with van der Waals surface area (Å²) in [4.78, 5) is 10.4. The predicted octanol–water partition coefficient (Wildman–Crippen LogP) is 0.951. The van der Waals surface area contributed by atoms with Crippen LogP contribution in [0.25, 0.3) is 0 Å². The SMILES string of the molecule is c1cnc(OCCN2CCCC2)cn1. The van der Waals surface area contributed by atoms with Gasteiger partial charge >= 0.3 is 0 Å². The van der Waals surface area contributed by atoms with Gasteiger partial charge in [0.15, 0.2) is 0 Å². The third kappa shape index (κ3) is 2.67. The third-order valence-electron chi connectivity index (χ3n) is 2.40. The van der Waals surface area contributed by atoms with Crippen molar-refractivity contribution in [3.8, 4) is 5.88 Å². The van der Waals surface area contributed by atoms with E-state index in [2.05, 4.69) is 14.9 Å². The minimum Gasteiger partial charge on any atom is -0.475 e. The van der Waals surface area contributed by atoms with Gasteiger partial charge in [0.05, 0.1) is 6.20 Å². The van der Waals surface area contributed by atoms with Crippen molar-refractivity contribution in [3.05, 3.63) is 18.6 Å². The van der Waals surface area contributed by atoms with Crippen molar-refractivity contribution >= 4 is 0 Å². The molecular weight excluding hydrogens is 178 g/mol. The van der Waals surface area contributed by atoms with Crippen LogP contribution in [0.15, 0.2) is 18.6 Å². The van der Waals surface area contributed by atoms with Gasteiger partial charge in [-0.15, -0.1) is 0 Å². The highest BCUT2D eigenvalue weighted by atomic mass is 16.5. The van der Waals surface area contributed by atoms with Crippen LogP contribution in [0.5, 0.6) is 5.88 Å². The molecule has 1 fully saturated rings. The van der Waals surface area contributed by atoms with E-state index in [0.717, 1.165) is 6.54 Å². The fourth-order valence-corrected chi connectivity index (χ4v) is 1.65. The summed E-state index contributed by atoms with van der Waals surface area (Å²) >= 11 is 0. The van der Waals surface area contributed by atoms with E-state index >= 15 is 0 Å². The summed E-state index contributed by atoms with van der Waals surface area (Å²) in [5.41, 5.74) is 0. The van der Waals surface area contributed by atoms with Crippen LogP contribution in [-0.4, -0.2) is 41.1 Å². The zero-order chi connectivity index (χ0) is 9.64. The van der Waals surface area contributed by atoms with Gasteiger partial charge in [-0.3, -0.25) is 9.88 Å². The van der Waals surface area contributed by atoms with Crippen LogP contribution in [0, 0.1) is 0 Å². The van der Waals surface area contributed by atoms with Gasteiger partial charge in [0.1, 0.15) is 6.61 Å². The smallest absolute Gasteiger partial charge is 0.232 e. The summed E-state index contributed by atoms with van der Waals surface area (Å²) in [6.45, 7) is 4.13. The highest BCUT2D eigenvalue weighted by molar-refractivity contribution is 5.00. The molecule has 1 aromatic rings. The van der Waals surface area contributed by atoms with Gasteiger partial charge in [-0.2, -0.15) is 0 Å². The minimum atomic E-state index is 0.617. The molecule has 1 saturated heterocycles. The monoisotopic (exact) mass is 193 g/mol. The van der Waals surface area contributed by atoms with Crippen LogP contribution in [-0.2, 0) is 0 Å². The molecule has 0 aliphatic carbocycles. The van der Waals surface area contributed by atoms with Gasteiger partial charge in [0.2, 0.25) is 5.88 Å². The Bertz CT molecular complexity index is 259. The second-order valence-corrected chi connectivity index (χ2v) is 3.44. The zero-order valence-electron chi connectivity index (χ0n) is 8.22. The molecule has 2 rings (SSSR count). The maximum atomic E-state index is 5.45. The number of aromatic nitrogens is 2. The molecule has 0 saturated carbocycles. The predicted molar refractivity (Wildman–Crippen MR) is 53.2 cm³/mol. The van der Waals surface area contributed by atoms with E-state index in [1.54, 1.807) is 18.6 Å². The lowest BCUT2D eigenvalue weighted by molar-refractivity contribution is 0.231. The largest absolute Gasteiger partial charge is 0.475 e. The molecule has 0 bridgehead atoms. The summed E-state index contributed by atoms with van der Waals surface area (Å²) < 4.78 is 5.45. The number of likely N-dealkylation sites (tertiary alicyclic amines) is 1. The highest BCUT2D eigenvalue weighted by Crippen LogP contribution is 2.07. The molecule has 4 heteroatoms. The molecule has 0 unspecified atom stereocenters. The molecule has 14 heavy (non-hydrogen) atoms. The molecule has 1 aromatic heterocycles. The molecule has 0 atom stereocenters. The van der Waals surface area contributed by atoms with Crippen LogP contribution in [0.1, 0.15) is 12.8 Å². The van der Waals surface area contributed by atoms with Crippen LogP contribution >= 0.6 is 0 Å². The maximum Gasteiger partial charge on any atom is 0.232 e. The molecule has 0 spiro atoms. The van der Waals surface area contributed by atoms with Crippen LogP contribution < -0.4 is 4.74 Å². The Labute approximate surface area is 83.9 Å². The first-order valence-electron chi connectivity index (χ1n) is 5.06. The van der Waals surface area contributed by atoms with Crippen LogP contribution in [0.2, 0.25) is 0 Å². The van der Waals surface area contributed by atoms with Crippen molar-refractivity contribution in [1.29, 1.82) is 0 Å². The Kier molecular flexibility index (Phi) is 3.29. The first-order valence-corrected chi connectivity index (χ1v) is 5.06. The number of rotatable bonds is 4. The molecule has 0 N–H and O–H groups in total. The lowest BCUT2D eigenvalue weighted by atomic mass is 10.4. The van der Waals surface area contributed by atoms with Crippen molar-refractivity contribution in [2.45, 2.75) is 12.8 Å². The van der Waals surface area contributed by atoms with Gasteiger partial charge in [-0.05, 0) is 25.9 Å². The van der Waals surface area contributed by atoms with Crippen molar-refractivity contribution in [2.24, 2.45) is 0 Å². The van der Waals surface area contributed by atoms with Gasteiger partial charge < -0.3 is 4.74 Å². The second-order valence-electron chi connectivity index (χ2n) is 3.44. The topological polar surface area (TPSA) is 38.2 Å². The van der Waals surface area contributed by atoms with E-state index in [1.165, 1.54) is 25.9 Å². The zero-order valence-corrected chi connectivity index (χ0v) is 8.22. The number of hydrogen-bond acceptors (Lipinski definition) is 4. The molecule has 4 nitrogen and oxygen atoms in total. The van der Waals surface area contributed by atoms with Crippen LogP contribution in [0.4, 0.5) is 0 Å². The van der Waals surface area contributed by atoms with E-state index in [4.69, 9.17) is 4.74 Å². The van der Waals surface area contributed by atoms with Crippen molar-refractivity contribution in [1.82, 2.24) is 14.9 Å². The van der Waals surface area contributed by atoms with E-state index in [-0.39, 0.29) is 0 Å². The summed E-state index contributed by atoms with van der Waals surface area (Å²) in [7, 11) is 0. The summed E-state index contributed by atoms with van der Waals surface area (Å²) in [6, 6.07) is 0. The first kappa shape index (κ1) is 9.40. The molecule has 0 aromatic carbocycles. The van der Waals surface area contributed by atoms with Gasteiger partial charge in [0, 0.05) is 18.9 Å². The summed E-state index contributed by atoms with van der Waals surface area (Å²) in [5, 5.41) is 0. The van der Waals surface area contributed by atoms with Gasteiger partial charge in [-0.1, -0.05) is 0 Å². The Morgan fingerprint density at radius 1 is 1.29 bits per heavy atom. The lowest BCUT2D eigenvalue weighted by Gasteiger charge is -2.14. The van der Waals surface area contributed by atoms with Gasteiger partial charge in [-0.25, -0.2) is 4.98 Å². The number of hydrogen-bond donors (Lipinski definition) is 0. The number of nitrogens with zero attached hydrogens (tertiary/aromatic N) is 3. The average Bonchev–Trinajstić information content (AvgIpc) is 2.72. The maximum absolute atomic E-state index is 5.45. The molecule has 1 aliphatic heterocycles. The first-order chi connectivity index (χ1) is 6.95. The number of ether oxygens (including phenoxy) is 1. The molecule has 0 radical (unpaired) electrons. The Morgan fingerprint density at radius 2 is 2.14 bits per heavy atom. The third-order valence-corrected chi connectivity index (χ3v) is 2.40. The molecule has 2 heterocycles. The fraction of sp³-hybridized carbons (Fsp3) is 0.600. The van der Waals surface area contributed by atoms with Crippen LogP contribution in [0.3, 0.4) is 0 Å². The molecule has 1 aliphatic rings. The van der Waals surface area contributed by atoms with Crippen molar-refractivity contribution in [2.75, 3.05) is 26.2 Å². The van der Waals surface area contributed by atoms with Gasteiger partial charge in [0.25, 0.3) is 0 Å². The Morgan fingerprint density at radius 3 is 2.86 bits per heavy atom. The van der Waals surface area contributed by atoms with Crippen molar-refractivity contribution in [3.63, 3.8) is 0 Å². The van der Waals surface area contributed by atoms with E-state index in [0.29, 0.717) is 12.5 Å². The normalized spacial score (nSPS) is 17.1. The van der Waals surface area contributed by atoms with E-state index < -0.39 is 0 Å². The molecule has 0 amide bonds. The molecular formula is C10H15N3O. The average molecular weight is 193 g/mol.